The number of thiazole rings is 1. The maximum atomic E-state index is 5.80. The topological polar surface area (TPSA) is 89.3 Å². The summed E-state index contributed by atoms with van der Waals surface area (Å²) in [5.74, 6) is 3.36. The van der Waals surface area contributed by atoms with Crippen molar-refractivity contribution in [3.63, 3.8) is 0 Å². The molecule has 3 aromatic rings. The highest BCUT2D eigenvalue weighted by atomic mass is 127. The minimum atomic E-state index is 0. The quantitative estimate of drug-likeness (QED) is 0.286. The molecular weight excluding hydrogens is 525 g/mol. The molecule has 0 bridgehead atoms. The molecule has 1 aliphatic heterocycles. The fourth-order valence-corrected chi connectivity index (χ4v) is 4.33. The van der Waals surface area contributed by atoms with Gasteiger partial charge in [-0.2, -0.15) is 0 Å². The molecule has 1 unspecified atom stereocenters. The van der Waals surface area contributed by atoms with E-state index in [1.165, 1.54) is 4.88 Å². The van der Waals surface area contributed by atoms with Gasteiger partial charge in [-0.1, -0.05) is 18.2 Å². The first kappa shape index (κ1) is 23.5. The molecule has 10 heteroatoms. The van der Waals surface area contributed by atoms with Gasteiger partial charge in [0.15, 0.2) is 11.8 Å². The first-order valence-corrected chi connectivity index (χ1v) is 10.9. The molecule has 1 aromatic carbocycles. The number of benzene rings is 1. The molecule has 0 fully saturated rings. The molecule has 0 saturated heterocycles. The van der Waals surface area contributed by atoms with Crippen molar-refractivity contribution in [2.24, 2.45) is 12.0 Å². The minimum Gasteiger partial charge on any atom is -0.493 e. The van der Waals surface area contributed by atoms with Gasteiger partial charge in [-0.25, -0.2) is 9.98 Å². The van der Waals surface area contributed by atoms with E-state index in [0.29, 0.717) is 19.7 Å². The molecule has 0 saturated carbocycles. The van der Waals surface area contributed by atoms with E-state index in [2.05, 4.69) is 31.9 Å². The van der Waals surface area contributed by atoms with Crippen molar-refractivity contribution in [1.29, 1.82) is 0 Å². The van der Waals surface area contributed by atoms with Crippen LogP contribution in [-0.4, -0.2) is 32.3 Å². The first-order chi connectivity index (χ1) is 14.5. The maximum absolute atomic E-state index is 5.80. The van der Waals surface area contributed by atoms with Gasteiger partial charge >= 0.3 is 0 Å². The van der Waals surface area contributed by atoms with E-state index in [1.54, 1.807) is 11.3 Å². The van der Waals surface area contributed by atoms with Crippen LogP contribution in [0.4, 0.5) is 0 Å². The number of nitrogens with zero attached hydrogens (tertiary/aromatic N) is 5. The van der Waals surface area contributed by atoms with E-state index in [-0.39, 0.29) is 30.0 Å². The first-order valence-electron chi connectivity index (χ1n) is 10.1. The number of aliphatic imine (C=N–C) groups is 1. The number of aryl methyl sites for hydroxylation is 3. The molecule has 1 atom stereocenters. The standard InChI is InChI=1S/C21H27N7OS.HI/c1-13-19(30-15(3)24-13)11-22-21(23-12-20-27-26-14(2)28(20)4)25-17-9-10-29-18-8-6-5-7-16(17)18;/h5-8,17H,9-12H2,1-4H3,(H2,22,23,25);1H. The minimum absolute atomic E-state index is 0. The van der Waals surface area contributed by atoms with Gasteiger partial charge in [-0.3, -0.25) is 0 Å². The number of aromatic nitrogens is 4. The number of guanidine groups is 1. The predicted octanol–water partition coefficient (Wildman–Crippen LogP) is 3.57. The third-order valence-corrected chi connectivity index (χ3v) is 6.32. The molecule has 0 spiro atoms. The van der Waals surface area contributed by atoms with Crippen molar-refractivity contribution in [3.8, 4) is 5.75 Å². The molecule has 8 nitrogen and oxygen atoms in total. The average Bonchev–Trinajstić information content (AvgIpc) is 3.24. The van der Waals surface area contributed by atoms with Crippen molar-refractivity contribution >= 4 is 41.3 Å². The Morgan fingerprint density at radius 1 is 1.26 bits per heavy atom. The zero-order valence-electron chi connectivity index (χ0n) is 18.2. The SMILES string of the molecule is Cc1nc(C)c(CNC(=NCc2nnc(C)n2C)NC2CCOc3ccccc32)s1.I. The Balaban J connectivity index is 0.00000272. The average molecular weight is 553 g/mol. The van der Waals surface area contributed by atoms with Crippen molar-refractivity contribution in [2.45, 2.75) is 46.3 Å². The van der Waals surface area contributed by atoms with Gasteiger partial charge in [0.1, 0.15) is 18.1 Å². The summed E-state index contributed by atoms with van der Waals surface area (Å²) in [6.07, 6.45) is 0.874. The lowest BCUT2D eigenvalue weighted by Gasteiger charge is -2.28. The number of hydrogen-bond acceptors (Lipinski definition) is 6. The summed E-state index contributed by atoms with van der Waals surface area (Å²) >= 11 is 1.71. The number of halogens is 1. The largest absolute Gasteiger partial charge is 0.493 e. The number of rotatable bonds is 5. The molecule has 3 heterocycles. The summed E-state index contributed by atoms with van der Waals surface area (Å²) in [5, 5.41) is 16.5. The van der Waals surface area contributed by atoms with E-state index in [9.17, 15) is 0 Å². The highest BCUT2D eigenvalue weighted by Crippen LogP contribution is 2.31. The summed E-state index contributed by atoms with van der Waals surface area (Å²) in [5.41, 5.74) is 2.21. The lowest BCUT2D eigenvalue weighted by Crippen LogP contribution is -2.40. The van der Waals surface area contributed by atoms with E-state index >= 15 is 0 Å². The Morgan fingerprint density at radius 3 is 2.77 bits per heavy atom. The van der Waals surface area contributed by atoms with Gasteiger partial charge in [0.2, 0.25) is 0 Å². The number of ether oxygens (including phenoxy) is 1. The molecule has 166 valence electrons. The van der Waals surface area contributed by atoms with Gasteiger partial charge in [0, 0.05) is 23.9 Å². The second kappa shape index (κ2) is 10.4. The van der Waals surface area contributed by atoms with Crippen molar-refractivity contribution in [1.82, 2.24) is 30.4 Å². The van der Waals surface area contributed by atoms with Crippen LogP contribution in [0, 0.1) is 20.8 Å². The zero-order valence-corrected chi connectivity index (χ0v) is 21.3. The van der Waals surface area contributed by atoms with Crippen molar-refractivity contribution < 1.29 is 4.74 Å². The van der Waals surface area contributed by atoms with Crippen LogP contribution in [0.5, 0.6) is 5.75 Å². The summed E-state index contributed by atoms with van der Waals surface area (Å²) in [6.45, 7) is 7.80. The van der Waals surface area contributed by atoms with Gasteiger partial charge in [-0.05, 0) is 26.8 Å². The molecule has 2 aromatic heterocycles. The molecule has 4 rings (SSSR count). The number of para-hydroxylation sites is 1. The van der Waals surface area contributed by atoms with Crippen LogP contribution >= 0.6 is 35.3 Å². The Hall–Kier alpha value is -2.21. The molecule has 2 N–H and O–H groups in total. The number of fused-ring (bicyclic) bond motifs is 1. The highest BCUT2D eigenvalue weighted by Gasteiger charge is 2.22. The Kier molecular flexibility index (Phi) is 7.87. The lowest BCUT2D eigenvalue weighted by molar-refractivity contribution is 0.261. The highest BCUT2D eigenvalue weighted by molar-refractivity contribution is 14.0. The number of nitrogens with one attached hydrogen (secondary N) is 2. The molecule has 1 aliphatic rings. The zero-order chi connectivity index (χ0) is 21.1. The Bertz CT molecular complexity index is 1060. The van der Waals surface area contributed by atoms with Crippen LogP contribution in [0.2, 0.25) is 0 Å². The summed E-state index contributed by atoms with van der Waals surface area (Å²) in [7, 11) is 1.96. The van der Waals surface area contributed by atoms with E-state index < -0.39 is 0 Å². The molecule has 31 heavy (non-hydrogen) atoms. The summed E-state index contributed by atoms with van der Waals surface area (Å²) in [4.78, 5) is 10.5. The fraction of sp³-hybridized carbons (Fsp3) is 0.429. The summed E-state index contributed by atoms with van der Waals surface area (Å²) < 4.78 is 7.76. The van der Waals surface area contributed by atoms with E-state index in [4.69, 9.17) is 9.73 Å². The van der Waals surface area contributed by atoms with E-state index in [1.807, 2.05) is 50.6 Å². The van der Waals surface area contributed by atoms with Gasteiger partial charge in [-0.15, -0.1) is 45.5 Å². The second-order valence-electron chi connectivity index (χ2n) is 7.35. The van der Waals surface area contributed by atoms with Crippen LogP contribution in [0.3, 0.4) is 0 Å². The molecule has 0 amide bonds. The Labute approximate surface area is 203 Å². The van der Waals surface area contributed by atoms with E-state index in [0.717, 1.165) is 46.0 Å². The van der Waals surface area contributed by atoms with Crippen LogP contribution in [0.25, 0.3) is 0 Å². The smallest absolute Gasteiger partial charge is 0.192 e. The van der Waals surface area contributed by atoms with Gasteiger partial charge in [0.25, 0.3) is 0 Å². The van der Waals surface area contributed by atoms with Crippen LogP contribution < -0.4 is 15.4 Å². The predicted molar refractivity (Wildman–Crippen MR) is 133 cm³/mol. The fourth-order valence-electron chi connectivity index (χ4n) is 3.45. The Morgan fingerprint density at radius 2 is 2.06 bits per heavy atom. The van der Waals surface area contributed by atoms with Crippen molar-refractivity contribution in [2.75, 3.05) is 6.61 Å². The monoisotopic (exact) mass is 553 g/mol. The van der Waals surface area contributed by atoms with Gasteiger partial charge < -0.3 is 19.9 Å². The molecular formula is C21H28IN7OS. The normalized spacial score (nSPS) is 15.6. The van der Waals surface area contributed by atoms with Crippen molar-refractivity contribution in [3.05, 3.63) is 57.1 Å². The molecule has 0 aliphatic carbocycles. The number of hydrogen-bond donors (Lipinski definition) is 2. The third-order valence-electron chi connectivity index (χ3n) is 5.25. The molecule has 0 radical (unpaired) electrons. The van der Waals surface area contributed by atoms with Crippen LogP contribution in [0.15, 0.2) is 29.3 Å². The maximum Gasteiger partial charge on any atom is 0.192 e. The van der Waals surface area contributed by atoms with Gasteiger partial charge in [0.05, 0.1) is 29.9 Å². The third kappa shape index (κ3) is 5.53. The van der Waals surface area contributed by atoms with Crippen LogP contribution in [-0.2, 0) is 20.1 Å². The van der Waals surface area contributed by atoms with Crippen LogP contribution in [0.1, 0.15) is 45.3 Å². The lowest BCUT2D eigenvalue weighted by atomic mass is 10.0. The summed E-state index contributed by atoms with van der Waals surface area (Å²) in [6, 6.07) is 8.29. The second-order valence-corrected chi connectivity index (χ2v) is 8.64.